The molecule has 5 heteroatoms. The highest BCUT2D eigenvalue weighted by molar-refractivity contribution is 6.35. The highest BCUT2D eigenvalue weighted by Gasteiger charge is 2.05. The average Bonchev–Trinajstić information content (AvgIpc) is 2.15. The number of nitrogens with one attached hydrogen (secondary N) is 1. The van der Waals surface area contributed by atoms with Crippen LogP contribution in [0, 0.1) is 0 Å². The maximum atomic E-state index is 11.2. The minimum Gasteiger partial charge on any atom is -0.334 e. The molecule has 0 aliphatic rings. The van der Waals surface area contributed by atoms with E-state index in [0.717, 1.165) is 5.56 Å². The number of hydrogen-bond acceptors (Lipinski definition) is 1. The van der Waals surface area contributed by atoms with Gasteiger partial charge in [-0.2, -0.15) is 0 Å². The van der Waals surface area contributed by atoms with Gasteiger partial charge in [-0.1, -0.05) is 29.3 Å². The van der Waals surface area contributed by atoms with E-state index in [4.69, 9.17) is 23.2 Å². The van der Waals surface area contributed by atoms with Crippen LogP contribution in [0.4, 0.5) is 4.79 Å². The summed E-state index contributed by atoms with van der Waals surface area (Å²) in [6.45, 7) is 0.396. The number of benzene rings is 1. The van der Waals surface area contributed by atoms with Gasteiger partial charge < -0.3 is 10.2 Å². The summed E-state index contributed by atoms with van der Waals surface area (Å²) in [6.07, 6.45) is 0. The number of halogens is 2. The lowest BCUT2D eigenvalue weighted by molar-refractivity contribution is 0.217. The first-order chi connectivity index (χ1) is 7.00. The van der Waals surface area contributed by atoms with Gasteiger partial charge in [0, 0.05) is 30.7 Å². The first kappa shape index (κ1) is 12.1. The monoisotopic (exact) mass is 246 g/mol. The molecule has 0 atom stereocenters. The van der Waals surface area contributed by atoms with Crippen LogP contribution in [0.2, 0.25) is 10.0 Å². The Bertz CT molecular complexity index is 366. The molecule has 0 radical (unpaired) electrons. The molecule has 0 aliphatic heterocycles. The second kappa shape index (κ2) is 5.24. The van der Waals surface area contributed by atoms with Crippen LogP contribution in [0.25, 0.3) is 0 Å². The van der Waals surface area contributed by atoms with Crippen molar-refractivity contribution in [3.05, 3.63) is 33.8 Å². The van der Waals surface area contributed by atoms with Gasteiger partial charge in [-0.3, -0.25) is 0 Å². The average molecular weight is 247 g/mol. The molecule has 82 valence electrons. The van der Waals surface area contributed by atoms with Crippen molar-refractivity contribution in [2.75, 3.05) is 14.1 Å². The third-order valence-corrected chi connectivity index (χ3v) is 2.44. The number of carbonyl (C=O) groups is 1. The number of urea groups is 1. The van der Waals surface area contributed by atoms with Crippen LogP contribution in [-0.4, -0.2) is 25.0 Å². The normalized spacial score (nSPS) is 9.87. The summed E-state index contributed by atoms with van der Waals surface area (Å²) in [5, 5.41) is 3.86. The van der Waals surface area contributed by atoms with Crippen molar-refractivity contribution in [1.82, 2.24) is 10.2 Å². The summed E-state index contributed by atoms with van der Waals surface area (Å²) in [6, 6.07) is 5.03. The number of hydrogen-bond donors (Lipinski definition) is 1. The summed E-state index contributed by atoms with van der Waals surface area (Å²) in [5.41, 5.74) is 0.844. The van der Waals surface area contributed by atoms with E-state index in [-0.39, 0.29) is 6.03 Å². The van der Waals surface area contributed by atoms with Crippen LogP contribution in [0.5, 0.6) is 0 Å². The molecular weight excluding hydrogens is 235 g/mol. The molecule has 0 unspecified atom stereocenters. The Morgan fingerprint density at radius 2 is 2.07 bits per heavy atom. The predicted molar refractivity (Wildman–Crippen MR) is 62.4 cm³/mol. The van der Waals surface area contributed by atoms with E-state index >= 15 is 0 Å². The third-order valence-electron chi connectivity index (χ3n) is 1.85. The van der Waals surface area contributed by atoms with E-state index in [2.05, 4.69) is 5.32 Å². The molecule has 3 nitrogen and oxygen atoms in total. The second-order valence-corrected chi connectivity index (χ2v) is 4.13. The zero-order chi connectivity index (χ0) is 11.4. The van der Waals surface area contributed by atoms with Crippen LogP contribution >= 0.6 is 23.2 Å². The van der Waals surface area contributed by atoms with Gasteiger partial charge in [0.05, 0.1) is 0 Å². The Labute approximate surface area is 99.0 Å². The van der Waals surface area contributed by atoms with Crippen LogP contribution in [0.15, 0.2) is 18.2 Å². The molecule has 1 rings (SSSR count). The molecule has 2 amide bonds. The fourth-order valence-electron chi connectivity index (χ4n) is 0.994. The molecular formula is C10H12Cl2N2O. The molecule has 0 heterocycles. The number of carbonyl (C=O) groups excluding carboxylic acids is 1. The largest absolute Gasteiger partial charge is 0.334 e. The Morgan fingerprint density at radius 1 is 1.40 bits per heavy atom. The van der Waals surface area contributed by atoms with Crippen molar-refractivity contribution < 1.29 is 4.79 Å². The number of rotatable bonds is 2. The van der Waals surface area contributed by atoms with E-state index in [0.29, 0.717) is 16.6 Å². The zero-order valence-corrected chi connectivity index (χ0v) is 10.1. The fourth-order valence-corrected chi connectivity index (χ4v) is 1.47. The standard InChI is InChI=1S/C10H12Cl2N2O/c1-14(2)10(15)13-6-7-3-4-8(11)5-9(7)12/h3-5H,6H2,1-2H3,(H,13,15). The highest BCUT2D eigenvalue weighted by atomic mass is 35.5. The quantitative estimate of drug-likeness (QED) is 0.856. The summed E-state index contributed by atoms with van der Waals surface area (Å²) in [7, 11) is 3.36. The topological polar surface area (TPSA) is 32.3 Å². The highest BCUT2D eigenvalue weighted by Crippen LogP contribution is 2.20. The summed E-state index contributed by atoms with van der Waals surface area (Å²) in [4.78, 5) is 12.7. The van der Waals surface area contributed by atoms with Gasteiger partial charge in [-0.05, 0) is 17.7 Å². The fraction of sp³-hybridized carbons (Fsp3) is 0.300. The molecule has 0 saturated carbocycles. The molecule has 0 spiro atoms. The first-order valence-electron chi connectivity index (χ1n) is 4.40. The smallest absolute Gasteiger partial charge is 0.317 e. The van der Waals surface area contributed by atoms with Gasteiger partial charge in [0.1, 0.15) is 0 Å². The van der Waals surface area contributed by atoms with Crippen LogP contribution in [0.3, 0.4) is 0 Å². The lowest BCUT2D eigenvalue weighted by atomic mass is 10.2. The first-order valence-corrected chi connectivity index (χ1v) is 5.15. The lowest BCUT2D eigenvalue weighted by Crippen LogP contribution is -2.33. The van der Waals surface area contributed by atoms with Crippen molar-refractivity contribution >= 4 is 29.2 Å². The van der Waals surface area contributed by atoms with Gasteiger partial charge in [-0.25, -0.2) is 4.79 Å². The van der Waals surface area contributed by atoms with Crippen LogP contribution in [0.1, 0.15) is 5.56 Å². The van der Waals surface area contributed by atoms with E-state index < -0.39 is 0 Å². The van der Waals surface area contributed by atoms with Gasteiger partial charge in [0.25, 0.3) is 0 Å². The van der Waals surface area contributed by atoms with E-state index in [1.165, 1.54) is 4.90 Å². The summed E-state index contributed by atoms with van der Waals surface area (Å²) in [5.74, 6) is 0. The molecule has 15 heavy (non-hydrogen) atoms. The number of nitrogens with zero attached hydrogens (tertiary/aromatic N) is 1. The van der Waals surface area contributed by atoms with Crippen molar-refractivity contribution in [3.8, 4) is 0 Å². The Kier molecular flexibility index (Phi) is 4.24. The molecule has 0 aromatic heterocycles. The molecule has 0 bridgehead atoms. The predicted octanol–water partition coefficient (Wildman–Crippen LogP) is 2.76. The third kappa shape index (κ3) is 3.61. The van der Waals surface area contributed by atoms with Gasteiger partial charge in [0.15, 0.2) is 0 Å². The van der Waals surface area contributed by atoms with Gasteiger partial charge in [-0.15, -0.1) is 0 Å². The maximum absolute atomic E-state index is 11.2. The summed E-state index contributed by atoms with van der Waals surface area (Å²) >= 11 is 11.7. The molecule has 0 aliphatic carbocycles. The van der Waals surface area contributed by atoms with Gasteiger partial charge >= 0.3 is 6.03 Å². The molecule has 0 saturated heterocycles. The Balaban J connectivity index is 2.62. The van der Waals surface area contributed by atoms with Crippen molar-refractivity contribution in [1.29, 1.82) is 0 Å². The van der Waals surface area contributed by atoms with Gasteiger partial charge in [0.2, 0.25) is 0 Å². The Hall–Kier alpha value is -0.930. The van der Waals surface area contributed by atoms with Crippen molar-refractivity contribution in [3.63, 3.8) is 0 Å². The van der Waals surface area contributed by atoms with Crippen molar-refractivity contribution in [2.24, 2.45) is 0 Å². The summed E-state index contributed by atoms with van der Waals surface area (Å²) < 4.78 is 0. The minimum atomic E-state index is -0.152. The minimum absolute atomic E-state index is 0.152. The molecule has 1 aromatic rings. The van der Waals surface area contributed by atoms with Crippen LogP contribution in [-0.2, 0) is 6.54 Å². The SMILES string of the molecule is CN(C)C(=O)NCc1ccc(Cl)cc1Cl. The van der Waals surface area contributed by atoms with Crippen molar-refractivity contribution in [2.45, 2.75) is 6.54 Å². The number of amides is 2. The second-order valence-electron chi connectivity index (χ2n) is 3.29. The molecule has 1 aromatic carbocycles. The molecule has 0 fully saturated rings. The van der Waals surface area contributed by atoms with E-state index in [1.807, 2.05) is 0 Å². The Morgan fingerprint density at radius 3 is 2.60 bits per heavy atom. The zero-order valence-electron chi connectivity index (χ0n) is 8.55. The van der Waals surface area contributed by atoms with E-state index in [1.54, 1.807) is 32.3 Å². The molecule has 1 N–H and O–H groups in total. The van der Waals surface area contributed by atoms with Crippen LogP contribution < -0.4 is 5.32 Å². The maximum Gasteiger partial charge on any atom is 0.317 e. The lowest BCUT2D eigenvalue weighted by Gasteiger charge is -2.12. The van der Waals surface area contributed by atoms with E-state index in [9.17, 15) is 4.79 Å².